The van der Waals surface area contributed by atoms with Gasteiger partial charge in [-0.2, -0.15) is 0 Å². The summed E-state index contributed by atoms with van der Waals surface area (Å²) in [4.78, 5) is 22.1. The highest BCUT2D eigenvalue weighted by atomic mass is 35.5. The number of hydrogen-bond acceptors (Lipinski definition) is 4. The largest absolute Gasteiger partial charge is 0.505 e. The van der Waals surface area contributed by atoms with Gasteiger partial charge in [-0.1, -0.05) is 29.3 Å². The predicted molar refractivity (Wildman–Crippen MR) is 79.2 cm³/mol. The molecular formula is C13H8Cl2N2O4. The summed E-state index contributed by atoms with van der Waals surface area (Å²) >= 11 is 11.5. The zero-order chi connectivity index (χ0) is 15.6. The second-order valence-electron chi connectivity index (χ2n) is 4.05. The molecule has 6 nitrogen and oxygen atoms in total. The van der Waals surface area contributed by atoms with E-state index in [1.54, 1.807) is 0 Å². The second kappa shape index (κ2) is 5.99. The van der Waals surface area contributed by atoms with Crippen LogP contribution in [0.25, 0.3) is 0 Å². The summed E-state index contributed by atoms with van der Waals surface area (Å²) in [5.74, 6) is -0.844. The van der Waals surface area contributed by atoms with Crippen LogP contribution in [-0.2, 0) is 0 Å². The van der Waals surface area contributed by atoms with Crippen molar-refractivity contribution in [1.29, 1.82) is 0 Å². The van der Waals surface area contributed by atoms with Crippen molar-refractivity contribution in [2.75, 3.05) is 5.32 Å². The standard InChI is InChI=1S/C13H8Cl2N2O4/c14-10-5-8(6-11(15)12(10)18)16-13(19)7-2-1-3-9(4-7)17(20)21/h1-6,18H,(H,16,19). The second-order valence-corrected chi connectivity index (χ2v) is 4.86. The number of halogens is 2. The Morgan fingerprint density at radius 3 is 2.38 bits per heavy atom. The number of hydrogen-bond donors (Lipinski definition) is 2. The number of nitrogens with zero attached hydrogens (tertiary/aromatic N) is 1. The topological polar surface area (TPSA) is 92.5 Å². The number of nitro benzene ring substituents is 1. The van der Waals surface area contributed by atoms with Crippen LogP contribution in [-0.4, -0.2) is 15.9 Å². The van der Waals surface area contributed by atoms with Gasteiger partial charge in [0.15, 0.2) is 5.75 Å². The van der Waals surface area contributed by atoms with Crippen LogP contribution in [0.1, 0.15) is 10.4 Å². The first-order chi connectivity index (χ1) is 9.88. The van der Waals surface area contributed by atoms with Gasteiger partial charge in [-0.05, 0) is 18.2 Å². The number of non-ortho nitro benzene ring substituents is 1. The Bertz CT molecular complexity index is 711. The third kappa shape index (κ3) is 3.42. The molecule has 1 amide bonds. The molecule has 0 aliphatic heterocycles. The molecular weight excluding hydrogens is 319 g/mol. The number of aromatic hydroxyl groups is 1. The lowest BCUT2D eigenvalue weighted by Gasteiger charge is -2.08. The summed E-state index contributed by atoms with van der Waals surface area (Å²) in [6.07, 6.45) is 0. The molecule has 2 rings (SSSR count). The van der Waals surface area contributed by atoms with E-state index in [4.69, 9.17) is 23.2 Å². The summed E-state index contributed by atoms with van der Waals surface area (Å²) in [5, 5.41) is 22.6. The first-order valence-corrected chi connectivity index (χ1v) is 6.38. The summed E-state index contributed by atoms with van der Waals surface area (Å²) in [6.45, 7) is 0. The van der Waals surface area contributed by atoms with E-state index in [1.807, 2.05) is 0 Å². The lowest BCUT2D eigenvalue weighted by Crippen LogP contribution is -2.12. The molecule has 21 heavy (non-hydrogen) atoms. The van der Waals surface area contributed by atoms with Gasteiger partial charge in [0.1, 0.15) is 0 Å². The Morgan fingerprint density at radius 1 is 1.19 bits per heavy atom. The van der Waals surface area contributed by atoms with Gasteiger partial charge >= 0.3 is 0 Å². The zero-order valence-corrected chi connectivity index (χ0v) is 11.9. The van der Waals surface area contributed by atoms with Crippen LogP contribution in [0, 0.1) is 10.1 Å². The Balaban J connectivity index is 2.26. The fourth-order valence-corrected chi connectivity index (χ4v) is 2.09. The van der Waals surface area contributed by atoms with Crippen molar-refractivity contribution < 1.29 is 14.8 Å². The summed E-state index contributed by atoms with van der Waals surface area (Å²) in [6, 6.07) is 7.91. The van der Waals surface area contributed by atoms with Crippen LogP contribution in [0.15, 0.2) is 36.4 Å². The van der Waals surface area contributed by atoms with E-state index in [0.29, 0.717) is 0 Å². The monoisotopic (exact) mass is 326 g/mol. The van der Waals surface area contributed by atoms with Crippen LogP contribution in [0.3, 0.4) is 0 Å². The number of phenols is 1. The Labute approximate surface area is 129 Å². The third-order valence-electron chi connectivity index (χ3n) is 2.59. The normalized spacial score (nSPS) is 10.2. The molecule has 0 saturated carbocycles. The number of nitrogens with one attached hydrogen (secondary N) is 1. The molecule has 2 N–H and O–H groups in total. The molecule has 8 heteroatoms. The predicted octanol–water partition coefficient (Wildman–Crippen LogP) is 3.86. The number of anilines is 1. The van der Waals surface area contributed by atoms with Crippen molar-refractivity contribution in [3.05, 3.63) is 62.1 Å². The number of amides is 1. The van der Waals surface area contributed by atoms with E-state index in [9.17, 15) is 20.0 Å². The number of carbonyl (C=O) groups excluding carboxylic acids is 1. The highest BCUT2D eigenvalue weighted by Crippen LogP contribution is 2.34. The van der Waals surface area contributed by atoms with E-state index in [1.165, 1.54) is 30.3 Å². The maximum absolute atomic E-state index is 12.0. The Morgan fingerprint density at radius 2 is 1.81 bits per heavy atom. The SMILES string of the molecule is O=C(Nc1cc(Cl)c(O)c(Cl)c1)c1cccc([N+](=O)[O-])c1. The van der Waals surface area contributed by atoms with Crippen molar-refractivity contribution in [2.45, 2.75) is 0 Å². The van der Waals surface area contributed by atoms with Crippen molar-refractivity contribution in [3.8, 4) is 5.75 Å². The minimum atomic E-state index is -0.592. The molecule has 2 aromatic rings. The molecule has 0 spiro atoms. The van der Waals surface area contributed by atoms with Crippen LogP contribution in [0.5, 0.6) is 5.75 Å². The summed E-state index contributed by atoms with van der Waals surface area (Å²) < 4.78 is 0. The van der Waals surface area contributed by atoms with Crippen molar-refractivity contribution in [2.24, 2.45) is 0 Å². The van der Waals surface area contributed by atoms with E-state index in [2.05, 4.69) is 5.32 Å². The summed E-state index contributed by atoms with van der Waals surface area (Å²) in [7, 11) is 0. The lowest BCUT2D eigenvalue weighted by molar-refractivity contribution is -0.384. The van der Waals surface area contributed by atoms with Gasteiger partial charge < -0.3 is 10.4 Å². The van der Waals surface area contributed by atoms with E-state index >= 15 is 0 Å². The molecule has 0 aliphatic rings. The summed E-state index contributed by atoms with van der Waals surface area (Å²) in [5.41, 5.74) is 0.188. The molecule has 0 atom stereocenters. The van der Waals surface area contributed by atoms with E-state index < -0.39 is 10.8 Å². The molecule has 0 aliphatic carbocycles. The first kappa shape index (κ1) is 15.1. The third-order valence-corrected chi connectivity index (χ3v) is 3.17. The average Bonchev–Trinajstić information content (AvgIpc) is 2.44. The van der Waals surface area contributed by atoms with Gasteiger partial charge in [0.2, 0.25) is 0 Å². The molecule has 0 heterocycles. The molecule has 0 aromatic heterocycles. The Kier molecular flexibility index (Phi) is 4.30. The first-order valence-electron chi connectivity index (χ1n) is 5.62. The fraction of sp³-hybridized carbons (Fsp3) is 0. The lowest BCUT2D eigenvalue weighted by atomic mass is 10.2. The molecule has 108 valence electrons. The van der Waals surface area contributed by atoms with Gasteiger partial charge in [-0.15, -0.1) is 0 Å². The number of phenolic OH excluding ortho intramolecular Hbond substituents is 1. The van der Waals surface area contributed by atoms with Crippen LogP contribution in [0.4, 0.5) is 11.4 Å². The van der Waals surface area contributed by atoms with E-state index in [-0.39, 0.29) is 32.7 Å². The van der Waals surface area contributed by atoms with Gasteiger partial charge in [0, 0.05) is 23.4 Å². The maximum Gasteiger partial charge on any atom is 0.270 e. The van der Waals surface area contributed by atoms with Crippen LogP contribution >= 0.6 is 23.2 Å². The van der Waals surface area contributed by atoms with Gasteiger partial charge in [-0.3, -0.25) is 14.9 Å². The fourth-order valence-electron chi connectivity index (χ4n) is 1.60. The van der Waals surface area contributed by atoms with E-state index in [0.717, 1.165) is 6.07 Å². The van der Waals surface area contributed by atoms with Gasteiger partial charge in [-0.25, -0.2) is 0 Å². The highest BCUT2D eigenvalue weighted by molar-refractivity contribution is 6.37. The minimum absolute atomic E-state index is 0.0168. The molecule has 2 aromatic carbocycles. The minimum Gasteiger partial charge on any atom is -0.505 e. The maximum atomic E-state index is 12.0. The van der Waals surface area contributed by atoms with Gasteiger partial charge in [0.05, 0.1) is 15.0 Å². The smallest absolute Gasteiger partial charge is 0.270 e. The number of benzene rings is 2. The van der Waals surface area contributed by atoms with Crippen LogP contribution < -0.4 is 5.32 Å². The highest BCUT2D eigenvalue weighted by Gasteiger charge is 2.13. The molecule has 0 radical (unpaired) electrons. The quantitative estimate of drug-likeness (QED) is 0.508. The molecule has 0 fully saturated rings. The zero-order valence-electron chi connectivity index (χ0n) is 10.3. The Hall–Kier alpha value is -2.31. The van der Waals surface area contributed by atoms with Gasteiger partial charge in [0.25, 0.3) is 11.6 Å². The number of carbonyl (C=O) groups is 1. The molecule has 0 bridgehead atoms. The average molecular weight is 327 g/mol. The number of rotatable bonds is 3. The number of nitro groups is 1. The van der Waals surface area contributed by atoms with Crippen molar-refractivity contribution in [3.63, 3.8) is 0 Å². The van der Waals surface area contributed by atoms with Crippen molar-refractivity contribution in [1.82, 2.24) is 0 Å². The van der Waals surface area contributed by atoms with Crippen molar-refractivity contribution >= 4 is 40.5 Å². The van der Waals surface area contributed by atoms with Crippen LogP contribution in [0.2, 0.25) is 10.0 Å². The molecule has 0 saturated heterocycles. The molecule has 0 unspecified atom stereocenters.